The quantitative estimate of drug-likeness (QED) is 0.520. The molecule has 0 saturated carbocycles. The predicted octanol–water partition coefficient (Wildman–Crippen LogP) is 3.93. The van der Waals surface area contributed by atoms with Crippen LogP contribution in [0.1, 0.15) is 29.8 Å². The van der Waals surface area contributed by atoms with Crippen molar-refractivity contribution in [1.29, 1.82) is 0 Å². The molecule has 0 radical (unpaired) electrons. The van der Waals surface area contributed by atoms with Crippen molar-refractivity contribution >= 4 is 23.2 Å². The number of non-ortho nitro benzene ring substituents is 1. The first-order valence-electron chi connectivity index (χ1n) is 8.96. The second-order valence-electron chi connectivity index (χ2n) is 6.20. The van der Waals surface area contributed by atoms with Crippen molar-refractivity contribution < 1.29 is 9.72 Å². The Balaban J connectivity index is 2.09. The molecule has 2 rings (SSSR count). The van der Waals surface area contributed by atoms with Gasteiger partial charge >= 0.3 is 0 Å². The molecular formula is C20H24ClN3O3. The van der Waals surface area contributed by atoms with Gasteiger partial charge in [-0.15, -0.1) is 0 Å². The lowest BCUT2D eigenvalue weighted by Gasteiger charge is -2.30. The summed E-state index contributed by atoms with van der Waals surface area (Å²) in [5.41, 5.74) is 1.30. The Morgan fingerprint density at radius 2 is 1.85 bits per heavy atom. The normalized spacial score (nSPS) is 12.0. The van der Waals surface area contributed by atoms with E-state index in [9.17, 15) is 14.9 Å². The summed E-state index contributed by atoms with van der Waals surface area (Å²) in [6.07, 6.45) is 0.816. The van der Waals surface area contributed by atoms with Gasteiger partial charge in [0, 0.05) is 24.7 Å². The molecular weight excluding hydrogens is 366 g/mol. The standard InChI is InChI=1S/C20H24ClN3O3/c1-3-23(4-2)17(12-15-8-6-5-7-9-15)14-22-20(25)18-11-10-16(24(26)27)13-19(18)21/h5-11,13,17H,3-4,12,14H2,1-2H3,(H,22,25)/t17-/m1/s1. The topological polar surface area (TPSA) is 75.5 Å². The van der Waals surface area contributed by atoms with Crippen molar-refractivity contribution in [2.24, 2.45) is 0 Å². The van der Waals surface area contributed by atoms with Gasteiger partial charge in [-0.3, -0.25) is 19.8 Å². The average molecular weight is 390 g/mol. The van der Waals surface area contributed by atoms with Gasteiger partial charge in [0.1, 0.15) is 0 Å². The molecule has 6 nitrogen and oxygen atoms in total. The minimum Gasteiger partial charge on any atom is -0.350 e. The molecule has 27 heavy (non-hydrogen) atoms. The number of nitrogens with one attached hydrogen (secondary N) is 1. The van der Waals surface area contributed by atoms with Crippen molar-refractivity contribution in [1.82, 2.24) is 10.2 Å². The Bertz CT molecular complexity index is 779. The maximum absolute atomic E-state index is 12.5. The maximum atomic E-state index is 12.5. The van der Waals surface area contributed by atoms with Gasteiger partial charge in [0.2, 0.25) is 0 Å². The van der Waals surface area contributed by atoms with E-state index < -0.39 is 4.92 Å². The molecule has 0 spiro atoms. The first kappa shape index (κ1) is 20.9. The number of nitro benzene ring substituents is 1. The second-order valence-corrected chi connectivity index (χ2v) is 6.60. The van der Waals surface area contributed by atoms with Crippen molar-refractivity contribution in [3.63, 3.8) is 0 Å². The van der Waals surface area contributed by atoms with Gasteiger partial charge in [-0.2, -0.15) is 0 Å². The van der Waals surface area contributed by atoms with Crippen molar-refractivity contribution in [2.75, 3.05) is 19.6 Å². The largest absolute Gasteiger partial charge is 0.350 e. The molecule has 0 bridgehead atoms. The van der Waals surface area contributed by atoms with Crippen LogP contribution in [0.3, 0.4) is 0 Å². The molecule has 1 N–H and O–H groups in total. The second kappa shape index (κ2) is 10.0. The van der Waals surface area contributed by atoms with E-state index in [4.69, 9.17) is 11.6 Å². The van der Waals surface area contributed by atoms with E-state index in [1.54, 1.807) is 0 Å². The molecule has 1 amide bonds. The van der Waals surface area contributed by atoms with E-state index >= 15 is 0 Å². The molecule has 0 aliphatic rings. The molecule has 0 saturated heterocycles. The lowest BCUT2D eigenvalue weighted by molar-refractivity contribution is -0.384. The summed E-state index contributed by atoms with van der Waals surface area (Å²) >= 11 is 6.05. The zero-order valence-electron chi connectivity index (χ0n) is 15.5. The summed E-state index contributed by atoms with van der Waals surface area (Å²) in [5.74, 6) is -0.333. The lowest BCUT2D eigenvalue weighted by Crippen LogP contribution is -2.45. The van der Waals surface area contributed by atoms with Gasteiger partial charge < -0.3 is 5.32 Å². The van der Waals surface area contributed by atoms with Gasteiger partial charge in [-0.1, -0.05) is 55.8 Å². The van der Waals surface area contributed by atoms with Crippen molar-refractivity contribution in [3.8, 4) is 0 Å². The van der Waals surface area contributed by atoms with Crippen LogP contribution >= 0.6 is 11.6 Å². The van der Waals surface area contributed by atoms with Gasteiger partial charge in [0.15, 0.2) is 0 Å². The zero-order chi connectivity index (χ0) is 19.8. The molecule has 0 aliphatic heterocycles. The minimum atomic E-state index is -0.538. The van der Waals surface area contributed by atoms with Crippen LogP contribution in [-0.4, -0.2) is 41.4 Å². The molecule has 144 valence electrons. The van der Waals surface area contributed by atoms with Crippen molar-refractivity contribution in [3.05, 3.63) is 74.8 Å². The minimum absolute atomic E-state index is 0.0733. The SMILES string of the molecule is CCN(CC)[C@@H](CNC(=O)c1ccc([N+](=O)[O-])cc1Cl)Cc1ccccc1. The van der Waals surface area contributed by atoms with E-state index in [1.807, 2.05) is 18.2 Å². The van der Waals surface area contributed by atoms with Crippen LogP contribution < -0.4 is 5.32 Å². The Kier molecular flexibility index (Phi) is 7.76. The molecule has 2 aromatic rings. The van der Waals surface area contributed by atoms with Crippen LogP contribution in [-0.2, 0) is 6.42 Å². The highest BCUT2D eigenvalue weighted by Gasteiger charge is 2.19. The number of hydrogen-bond acceptors (Lipinski definition) is 4. The van der Waals surface area contributed by atoms with Gasteiger partial charge in [0.05, 0.1) is 15.5 Å². The highest BCUT2D eigenvalue weighted by atomic mass is 35.5. The highest BCUT2D eigenvalue weighted by molar-refractivity contribution is 6.34. The zero-order valence-corrected chi connectivity index (χ0v) is 16.3. The summed E-state index contributed by atoms with van der Waals surface area (Å²) < 4.78 is 0. The predicted molar refractivity (Wildman–Crippen MR) is 107 cm³/mol. The fraction of sp³-hybridized carbons (Fsp3) is 0.350. The van der Waals surface area contributed by atoms with Crippen LogP contribution in [0.4, 0.5) is 5.69 Å². The summed E-state index contributed by atoms with van der Waals surface area (Å²) in [6, 6.07) is 14.1. The molecule has 0 aromatic heterocycles. The van der Waals surface area contributed by atoms with E-state index in [-0.39, 0.29) is 28.2 Å². The van der Waals surface area contributed by atoms with E-state index in [2.05, 4.69) is 36.2 Å². The van der Waals surface area contributed by atoms with E-state index in [1.165, 1.54) is 23.8 Å². The average Bonchev–Trinajstić information content (AvgIpc) is 2.67. The number of halogens is 1. The number of benzene rings is 2. The van der Waals surface area contributed by atoms with E-state index in [0.717, 1.165) is 19.5 Å². The highest BCUT2D eigenvalue weighted by Crippen LogP contribution is 2.22. The molecule has 0 fully saturated rings. The number of likely N-dealkylation sites (N-methyl/N-ethyl adjacent to an activating group) is 1. The third kappa shape index (κ3) is 5.77. The smallest absolute Gasteiger partial charge is 0.270 e. The number of carbonyl (C=O) groups excluding carboxylic acids is 1. The number of hydrogen-bond donors (Lipinski definition) is 1. The van der Waals surface area contributed by atoms with Gasteiger partial charge in [-0.25, -0.2) is 0 Å². The molecule has 2 aromatic carbocycles. The monoisotopic (exact) mass is 389 g/mol. The Morgan fingerprint density at radius 3 is 2.41 bits per heavy atom. The number of amides is 1. The fourth-order valence-corrected chi connectivity index (χ4v) is 3.32. The fourth-order valence-electron chi connectivity index (χ4n) is 3.06. The number of nitrogens with zero attached hydrogens (tertiary/aromatic N) is 2. The number of nitro groups is 1. The van der Waals surface area contributed by atoms with Crippen LogP contribution in [0.2, 0.25) is 5.02 Å². The summed E-state index contributed by atoms with van der Waals surface area (Å²) in [4.78, 5) is 25.1. The summed E-state index contributed by atoms with van der Waals surface area (Å²) in [7, 11) is 0. The number of rotatable bonds is 9. The molecule has 0 heterocycles. The van der Waals surface area contributed by atoms with Crippen LogP contribution in [0, 0.1) is 10.1 Å². The molecule has 0 aliphatic carbocycles. The third-order valence-corrected chi connectivity index (χ3v) is 4.86. The maximum Gasteiger partial charge on any atom is 0.270 e. The summed E-state index contributed by atoms with van der Waals surface area (Å²) in [6.45, 7) is 6.40. The van der Waals surface area contributed by atoms with Crippen LogP contribution in [0.25, 0.3) is 0 Å². The third-order valence-electron chi connectivity index (χ3n) is 4.55. The van der Waals surface area contributed by atoms with Gasteiger partial charge in [0.25, 0.3) is 11.6 Å². The Hall–Kier alpha value is -2.44. The van der Waals surface area contributed by atoms with Crippen molar-refractivity contribution in [2.45, 2.75) is 26.3 Å². The van der Waals surface area contributed by atoms with Gasteiger partial charge in [-0.05, 0) is 31.1 Å². The number of carbonyl (C=O) groups is 1. The Morgan fingerprint density at radius 1 is 1.19 bits per heavy atom. The molecule has 7 heteroatoms. The van der Waals surface area contributed by atoms with Crippen LogP contribution in [0.5, 0.6) is 0 Å². The first-order chi connectivity index (χ1) is 13.0. The molecule has 0 unspecified atom stereocenters. The first-order valence-corrected chi connectivity index (χ1v) is 9.34. The van der Waals surface area contributed by atoms with E-state index in [0.29, 0.717) is 6.54 Å². The Labute approximate surface area is 164 Å². The molecule has 1 atom stereocenters. The lowest BCUT2D eigenvalue weighted by atomic mass is 10.0. The summed E-state index contributed by atoms with van der Waals surface area (Å²) in [5, 5.41) is 13.8. The van der Waals surface area contributed by atoms with Crippen LogP contribution in [0.15, 0.2) is 48.5 Å².